The van der Waals surface area contributed by atoms with Gasteiger partial charge in [0.15, 0.2) is 0 Å². The molecular formula is C27H33FN2O3. The van der Waals surface area contributed by atoms with E-state index in [1.807, 2.05) is 57.2 Å². The Hall–Kier alpha value is -3.15. The Bertz CT molecular complexity index is 994. The lowest BCUT2D eigenvalue weighted by Crippen LogP contribution is -2.51. The van der Waals surface area contributed by atoms with Crippen molar-refractivity contribution in [2.75, 3.05) is 13.7 Å². The second-order valence-electron chi connectivity index (χ2n) is 9.70. The van der Waals surface area contributed by atoms with Crippen LogP contribution in [0.1, 0.15) is 51.3 Å². The van der Waals surface area contributed by atoms with E-state index in [0.717, 1.165) is 16.9 Å². The molecule has 1 aliphatic heterocycles. The molecule has 176 valence electrons. The van der Waals surface area contributed by atoms with Gasteiger partial charge in [-0.1, -0.05) is 57.2 Å². The maximum atomic E-state index is 13.8. The van der Waals surface area contributed by atoms with Gasteiger partial charge in [0, 0.05) is 19.5 Å². The summed E-state index contributed by atoms with van der Waals surface area (Å²) >= 11 is 0. The molecule has 5 nitrogen and oxygen atoms in total. The number of hydrogen-bond donors (Lipinski definition) is 0. The Morgan fingerprint density at radius 1 is 1.09 bits per heavy atom. The molecule has 0 saturated carbocycles. The molecular weight excluding hydrogens is 419 g/mol. The van der Waals surface area contributed by atoms with E-state index < -0.39 is 6.04 Å². The quantitative estimate of drug-likeness (QED) is 0.591. The molecule has 0 radical (unpaired) electrons. The molecule has 1 aliphatic rings. The van der Waals surface area contributed by atoms with Gasteiger partial charge < -0.3 is 14.5 Å². The average molecular weight is 453 g/mol. The van der Waals surface area contributed by atoms with Gasteiger partial charge in [-0.05, 0) is 47.7 Å². The Kier molecular flexibility index (Phi) is 7.57. The smallest absolute Gasteiger partial charge is 0.246 e. The van der Waals surface area contributed by atoms with E-state index in [1.54, 1.807) is 36.0 Å². The fourth-order valence-electron chi connectivity index (χ4n) is 4.00. The number of ether oxygens (including phenoxy) is 1. The number of nitrogens with zero attached hydrogens (tertiary/aromatic N) is 2. The Labute approximate surface area is 195 Å². The third-order valence-corrected chi connectivity index (χ3v) is 5.79. The van der Waals surface area contributed by atoms with Crippen molar-refractivity contribution in [3.8, 4) is 5.75 Å². The normalized spacial score (nSPS) is 20.2. The Morgan fingerprint density at radius 2 is 1.73 bits per heavy atom. The molecule has 0 spiro atoms. The van der Waals surface area contributed by atoms with E-state index in [4.69, 9.17) is 4.74 Å². The van der Waals surface area contributed by atoms with Crippen molar-refractivity contribution < 1.29 is 18.7 Å². The van der Waals surface area contributed by atoms with Crippen LogP contribution in [0.5, 0.6) is 5.75 Å². The van der Waals surface area contributed by atoms with E-state index in [0.29, 0.717) is 19.5 Å². The van der Waals surface area contributed by atoms with Crippen molar-refractivity contribution in [3.05, 3.63) is 77.6 Å². The number of methoxy groups -OCH3 is 1. The molecule has 0 fully saturated rings. The first-order chi connectivity index (χ1) is 15.6. The van der Waals surface area contributed by atoms with Crippen LogP contribution in [0.25, 0.3) is 0 Å². The standard InChI is InChI=1S/C27H33FN2O3/c1-19-26(32)30(18-20-8-12-22(28)13-9-20)24(21-10-14-23(33-5)15-11-21)7-6-16-29(19)25(31)17-27(2,3)4/h6-15,19,24H,16-18H2,1-5H3/b7-6-/t19-,24?/m0/s1. The van der Waals surface area contributed by atoms with Gasteiger partial charge in [-0.2, -0.15) is 0 Å². The minimum Gasteiger partial charge on any atom is -0.497 e. The number of carbonyl (C=O) groups excluding carboxylic acids is 2. The third kappa shape index (κ3) is 6.21. The molecule has 0 aliphatic carbocycles. The minimum absolute atomic E-state index is 0.0439. The molecule has 2 aromatic carbocycles. The number of hydrogen-bond acceptors (Lipinski definition) is 3. The van der Waals surface area contributed by atoms with Crippen molar-refractivity contribution in [3.63, 3.8) is 0 Å². The zero-order chi connectivity index (χ0) is 24.2. The van der Waals surface area contributed by atoms with Gasteiger partial charge in [0.2, 0.25) is 11.8 Å². The van der Waals surface area contributed by atoms with Gasteiger partial charge in [0.1, 0.15) is 17.6 Å². The van der Waals surface area contributed by atoms with E-state index >= 15 is 0 Å². The molecule has 2 atom stereocenters. The molecule has 2 amide bonds. The summed E-state index contributed by atoms with van der Waals surface area (Å²) in [7, 11) is 1.61. The highest BCUT2D eigenvalue weighted by Crippen LogP contribution is 2.30. The van der Waals surface area contributed by atoms with Crippen LogP contribution in [0.2, 0.25) is 0 Å². The molecule has 0 aromatic heterocycles. The molecule has 0 saturated heterocycles. The van der Waals surface area contributed by atoms with Crippen molar-refractivity contribution in [2.24, 2.45) is 5.41 Å². The van der Waals surface area contributed by atoms with Crippen LogP contribution in [0.3, 0.4) is 0 Å². The maximum Gasteiger partial charge on any atom is 0.246 e. The van der Waals surface area contributed by atoms with E-state index in [2.05, 4.69) is 0 Å². The summed E-state index contributed by atoms with van der Waals surface area (Å²) in [6, 6.07) is 12.8. The van der Waals surface area contributed by atoms with Crippen LogP contribution in [-0.2, 0) is 16.1 Å². The first-order valence-electron chi connectivity index (χ1n) is 11.2. The van der Waals surface area contributed by atoms with Gasteiger partial charge in [0.05, 0.1) is 13.2 Å². The molecule has 3 rings (SSSR count). The lowest BCUT2D eigenvalue weighted by Gasteiger charge is -2.39. The number of rotatable bonds is 5. The fraction of sp³-hybridized carbons (Fsp3) is 0.407. The lowest BCUT2D eigenvalue weighted by molar-refractivity contribution is -0.147. The topological polar surface area (TPSA) is 49.9 Å². The van der Waals surface area contributed by atoms with Gasteiger partial charge in [-0.15, -0.1) is 0 Å². The minimum atomic E-state index is -0.619. The van der Waals surface area contributed by atoms with Crippen LogP contribution >= 0.6 is 0 Å². The van der Waals surface area contributed by atoms with Gasteiger partial charge in [-0.3, -0.25) is 9.59 Å². The molecule has 1 unspecified atom stereocenters. The van der Waals surface area contributed by atoms with Gasteiger partial charge in [-0.25, -0.2) is 4.39 Å². The number of halogens is 1. The molecule has 2 aromatic rings. The second-order valence-corrected chi connectivity index (χ2v) is 9.70. The summed E-state index contributed by atoms with van der Waals surface area (Å²) < 4.78 is 18.7. The van der Waals surface area contributed by atoms with Gasteiger partial charge in [0.25, 0.3) is 0 Å². The van der Waals surface area contributed by atoms with Crippen LogP contribution in [0.15, 0.2) is 60.7 Å². The number of amides is 2. The summed E-state index contributed by atoms with van der Waals surface area (Å²) in [5, 5.41) is 0. The highest BCUT2D eigenvalue weighted by atomic mass is 19.1. The summed E-state index contributed by atoms with van der Waals surface area (Å²) in [6.45, 7) is 8.49. The highest BCUT2D eigenvalue weighted by Gasteiger charge is 2.35. The largest absolute Gasteiger partial charge is 0.497 e. The van der Waals surface area contributed by atoms with Gasteiger partial charge >= 0.3 is 0 Å². The van der Waals surface area contributed by atoms with E-state index in [9.17, 15) is 14.0 Å². The average Bonchev–Trinajstić information content (AvgIpc) is 2.76. The van der Waals surface area contributed by atoms with E-state index in [1.165, 1.54) is 12.1 Å². The van der Waals surface area contributed by atoms with Crippen molar-refractivity contribution in [2.45, 2.75) is 52.7 Å². The van der Waals surface area contributed by atoms with Crippen LogP contribution in [0, 0.1) is 11.2 Å². The highest BCUT2D eigenvalue weighted by molar-refractivity contribution is 5.88. The lowest BCUT2D eigenvalue weighted by atomic mass is 9.91. The third-order valence-electron chi connectivity index (χ3n) is 5.79. The van der Waals surface area contributed by atoms with Crippen molar-refractivity contribution >= 4 is 11.8 Å². The predicted octanol–water partition coefficient (Wildman–Crippen LogP) is 5.13. The summed E-state index contributed by atoms with van der Waals surface area (Å²) in [5.41, 5.74) is 1.58. The molecule has 33 heavy (non-hydrogen) atoms. The summed E-state index contributed by atoms with van der Waals surface area (Å²) in [5.74, 6) is 0.221. The second kappa shape index (κ2) is 10.2. The van der Waals surface area contributed by atoms with Crippen molar-refractivity contribution in [1.82, 2.24) is 9.80 Å². The molecule has 0 bridgehead atoms. The first-order valence-corrected chi connectivity index (χ1v) is 11.2. The van der Waals surface area contributed by atoms with E-state index in [-0.39, 0.29) is 29.1 Å². The molecule has 0 N–H and O–H groups in total. The maximum absolute atomic E-state index is 13.8. The van der Waals surface area contributed by atoms with Crippen LogP contribution < -0.4 is 4.74 Å². The first kappa shape index (κ1) is 24.5. The molecule has 1 heterocycles. The Morgan fingerprint density at radius 3 is 2.30 bits per heavy atom. The van der Waals surface area contributed by atoms with Crippen LogP contribution in [0.4, 0.5) is 4.39 Å². The molecule has 6 heteroatoms. The summed E-state index contributed by atoms with van der Waals surface area (Å²) in [6.07, 6.45) is 4.28. The van der Waals surface area contributed by atoms with Crippen LogP contribution in [-0.4, -0.2) is 41.3 Å². The Balaban J connectivity index is 1.98. The SMILES string of the molecule is COc1ccc(C2/C=C\CN(C(=O)CC(C)(C)C)[C@@H](C)C(=O)N2Cc2ccc(F)cc2)cc1. The fourth-order valence-corrected chi connectivity index (χ4v) is 4.00. The summed E-state index contributed by atoms with van der Waals surface area (Å²) in [4.78, 5) is 30.2. The zero-order valence-corrected chi connectivity index (χ0v) is 20.0. The number of benzene rings is 2. The number of carbonyl (C=O) groups is 2. The van der Waals surface area contributed by atoms with Crippen molar-refractivity contribution in [1.29, 1.82) is 0 Å². The monoisotopic (exact) mass is 452 g/mol. The zero-order valence-electron chi connectivity index (χ0n) is 20.0. The predicted molar refractivity (Wildman–Crippen MR) is 127 cm³/mol.